The van der Waals surface area contributed by atoms with E-state index in [1.54, 1.807) is 6.92 Å². The van der Waals surface area contributed by atoms with Gasteiger partial charge in [0, 0.05) is 19.6 Å². The molecular formula is C13H23NO4. The van der Waals surface area contributed by atoms with E-state index >= 15 is 0 Å². The van der Waals surface area contributed by atoms with Crippen molar-refractivity contribution >= 4 is 11.9 Å². The van der Waals surface area contributed by atoms with Gasteiger partial charge in [0.15, 0.2) is 0 Å². The Morgan fingerprint density at radius 3 is 2.61 bits per heavy atom. The average Bonchev–Trinajstić information content (AvgIpc) is 2.37. The Hall–Kier alpha value is -1.10. The molecule has 1 aliphatic heterocycles. The number of carboxylic acids is 1. The number of rotatable bonds is 7. The molecule has 104 valence electrons. The number of nitrogens with one attached hydrogen (secondary N) is 1. The van der Waals surface area contributed by atoms with Crippen LogP contribution in [0.1, 0.15) is 45.4 Å². The second-order valence-electron chi connectivity index (χ2n) is 4.81. The molecule has 1 saturated heterocycles. The zero-order chi connectivity index (χ0) is 13.4. The summed E-state index contributed by atoms with van der Waals surface area (Å²) >= 11 is 0. The van der Waals surface area contributed by atoms with E-state index in [0.717, 1.165) is 38.9 Å². The van der Waals surface area contributed by atoms with E-state index in [9.17, 15) is 9.59 Å². The molecule has 1 fully saturated rings. The zero-order valence-electron chi connectivity index (χ0n) is 11.0. The second kappa shape index (κ2) is 8.08. The maximum absolute atomic E-state index is 11.6. The van der Waals surface area contributed by atoms with Gasteiger partial charge in [-0.1, -0.05) is 6.92 Å². The number of carbonyl (C=O) groups is 2. The van der Waals surface area contributed by atoms with Gasteiger partial charge in [0.1, 0.15) is 6.04 Å². The van der Waals surface area contributed by atoms with Crippen molar-refractivity contribution in [3.8, 4) is 0 Å². The zero-order valence-corrected chi connectivity index (χ0v) is 11.0. The van der Waals surface area contributed by atoms with Gasteiger partial charge in [-0.25, -0.2) is 4.79 Å². The molecule has 0 aliphatic carbocycles. The smallest absolute Gasteiger partial charge is 0.326 e. The van der Waals surface area contributed by atoms with E-state index in [4.69, 9.17) is 9.84 Å². The molecule has 0 aromatic heterocycles. The Morgan fingerprint density at radius 2 is 2.06 bits per heavy atom. The van der Waals surface area contributed by atoms with Crippen LogP contribution in [0.3, 0.4) is 0 Å². The first kappa shape index (κ1) is 15.0. The summed E-state index contributed by atoms with van der Waals surface area (Å²) in [4.78, 5) is 22.3. The SMILES string of the molecule is CCC(NC(=O)CCCC1CCOCC1)C(=O)O. The normalized spacial score (nSPS) is 18.3. The Balaban J connectivity index is 2.14. The van der Waals surface area contributed by atoms with Crippen LogP contribution in [-0.2, 0) is 14.3 Å². The number of ether oxygens (including phenoxy) is 1. The van der Waals surface area contributed by atoms with Crippen LogP contribution in [0.5, 0.6) is 0 Å². The van der Waals surface area contributed by atoms with Gasteiger partial charge in [0.2, 0.25) is 5.91 Å². The van der Waals surface area contributed by atoms with E-state index in [1.807, 2.05) is 0 Å². The summed E-state index contributed by atoms with van der Waals surface area (Å²) in [5.74, 6) is -0.459. The molecule has 0 aromatic carbocycles. The monoisotopic (exact) mass is 257 g/mol. The molecule has 0 saturated carbocycles. The van der Waals surface area contributed by atoms with Crippen molar-refractivity contribution in [2.45, 2.75) is 51.5 Å². The Labute approximate surface area is 108 Å². The number of hydrogen-bond donors (Lipinski definition) is 2. The fourth-order valence-electron chi connectivity index (χ4n) is 2.19. The highest BCUT2D eigenvalue weighted by Gasteiger charge is 2.18. The average molecular weight is 257 g/mol. The minimum atomic E-state index is -0.963. The second-order valence-corrected chi connectivity index (χ2v) is 4.81. The lowest BCUT2D eigenvalue weighted by atomic mass is 9.94. The quantitative estimate of drug-likeness (QED) is 0.725. The molecule has 5 nitrogen and oxygen atoms in total. The Morgan fingerprint density at radius 1 is 1.39 bits per heavy atom. The summed E-state index contributed by atoms with van der Waals surface area (Å²) in [6.07, 6.45) is 4.85. The molecule has 1 aliphatic rings. The molecule has 1 heterocycles. The molecular weight excluding hydrogens is 234 g/mol. The van der Waals surface area contributed by atoms with Gasteiger partial charge < -0.3 is 15.2 Å². The minimum Gasteiger partial charge on any atom is -0.480 e. The lowest BCUT2D eigenvalue weighted by Crippen LogP contribution is -2.40. The van der Waals surface area contributed by atoms with Gasteiger partial charge in [0.05, 0.1) is 0 Å². The first-order valence-corrected chi connectivity index (χ1v) is 6.73. The molecule has 0 bridgehead atoms. The van der Waals surface area contributed by atoms with Crippen molar-refractivity contribution in [1.82, 2.24) is 5.32 Å². The summed E-state index contributed by atoms with van der Waals surface area (Å²) in [5.41, 5.74) is 0. The van der Waals surface area contributed by atoms with E-state index in [0.29, 0.717) is 18.8 Å². The number of hydrogen-bond acceptors (Lipinski definition) is 3. The molecule has 5 heteroatoms. The van der Waals surface area contributed by atoms with E-state index in [2.05, 4.69) is 5.32 Å². The third-order valence-corrected chi connectivity index (χ3v) is 3.40. The van der Waals surface area contributed by atoms with E-state index < -0.39 is 12.0 Å². The third-order valence-electron chi connectivity index (χ3n) is 3.40. The van der Waals surface area contributed by atoms with E-state index in [1.165, 1.54) is 0 Å². The molecule has 0 spiro atoms. The van der Waals surface area contributed by atoms with E-state index in [-0.39, 0.29) is 5.91 Å². The minimum absolute atomic E-state index is 0.156. The predicted molar refractivity (Wildman–Crippen MR) is 67.3 cm³/mol. The summed E-state index contributed by atoms with van der Waals surface area (Å²) in [7, 11) is 0. The molecule has 0 radical (unpaired) electrons. The predicted octanol–water partition coefficient (Wildman–Crippen LogP) is 1.56. The van der Waals surface area contributed by atoms with Crippen molar-refractivity contribution in [2.75, 3.05) is 13.2 Å². The van der Waals surface area contributed by atoms with Crippen LogP contribution in [0.4, 0.5) is 0 Å². The van der Waals surface area contributed by atoms with Crippen molar-refractivity contribution < 1.29 is 19.4 Å². The fourth-order valence-corrected chi connectivity index (χ4v) is 2.19. The molecule has 2 N–H and O–H groups in total. The summed E-state index contributed by atoms with van der Waals surface area (Å²) in [6, 6.07) is -0.749. The van der Waals surface area contributed by atoms with Crippen molar-refractivity contribution in [3.05, 3.63) is 0 Å². The highest BCUT2D eigenvalue weighted by molar-refractivity contribution is 5.83. The lowest BCUT2D eigenvalue weighted by Gasteiger charge is -2.21. The van der Waals surface area contributed by atoms with Crippen LogP contribution in [0.2, 0.25) is 0 Å². The maximum Gasteiger partial charge on any atom is 0.326 e. The first-order valence-electron chi connectivity index (χ1n) is 6.73. The largest absolute Gasteiger partial charge is 0.480 e. The number of aliphatic carboxylic acids is 1. The van der Waals surface area contributed by atoms with Crippen LogP contribution in [0, 0.1) is 5.92 Å². The Bertz CT molecular complexity index is 274. The van der Waals surface area contributed by atoms with Gasteiger partial charge in [-0.05, 0) is 38.0 Å². The van der Waals surface area contributed by atoms with Gasteiger partial charge in [-0.15, -0.1) is 0 Å². The van der Waals surface area contributed by atoms with Crippen molar-refractivity contribution in [2.24, 2.45) is 5.92 Å². The number of amides is 1. The molecule has 1 atom stereocenters. The number of carboxylic acid groups (broad SMARTS) is 1. The highest BCUT2D eigenvalue weighted by atomic mass is 16.5. The molecule has 18 heavy (non-hydrogen) atoms. The molecule has 1 rings (SSSR count). The van der Waals surface area contributed by atoms with Crippen LogP contribution in [-0.4, -0.2) is 36.2 Å². The van der Waals surface area contributed by atoms with Gasteiger partial charge in [-0.3, -0.25) is 4.79 Å². The maximum atomic E-state index is 11.6. The van der Waals surface area contributed by atoms with Gasteiger partial charge in [0.25, 0.3) is 0 Å². The van der Waals surface area contributed by atoms with Crippen molar-refractivity contribution in [3.63, 3.8) is 0 Å². The van der Waals surface area contributed by atoms with Crippen LogP contribution < -0.4 is 5.32 Å². The van der Waals surface area contributed by atoms with Crippen LogP contribution in [0.25, 0.3) is 0 Å². The van der Waals surface area contributed by atoms with Crippen LogP contribution >= 0.6 is 0 Å². The summed E-state index contributed by atoms with van der Waals surface area (Å²) in [5, 5.41) is 11.4. The Kier molecular flexibility index (Phi) is 6.72. The molecule has 1 amide bonds. The number of carbonyl (C=O) groups excluding carboxylic acids is 1. The fraction of sp³-hybridized carbons (Fsp3) is 0.846. The van der Waals surface area contributed by atoms with Gasteiger partial charge in [-0.2, -0.15) is 0 Å². The third kappa shape index (κ3) is 5.49. The van der Waals surface area contributed by atoms with Gasteiger partial charge >= 0.3 is 5.97 Å². The highest BCUT2D eigenvalue weighted by Crippen LogP contribution is 2.20. The van der Waals surface area contributed by atoms with Crippen LogP contribution in [0.15, 0.2) is 0 Å². The topological polar surface area (TPSA) is 75.6 Å². The van der Waals surface area contributed by atoms with Crippen molar-refractivity contribution in [1.29, 1.82) is 0 Å². The summed E-state index contributed by atoms with van der Waals surface area (Å²) in [6.45, 7) is 3.41. The summed E-state index contributed by atoms with van der Waals surface area (Å²) < 4.78 is 5.28. The standard InChI is InChI=1S/C13H23NO4/c1-2-11(13(16)17)14-12(15)5-3-4-10-6-8-18-9-7-10/h10-11H,2-9H2,1H3,(H,14,15)(H,16,17). The lowest BCUT2D eigenvalue weighted by molar-refractivity contribution is -0.141. The first-order chi connectivity index (χ1) is 8.63. The molecule has 1 unspecified atom stereocenters. The molecule has 0 aromatic rings.